The fraction of sp³-hybridized carbons (Fsp3) is 0.150. The number of carbonyl (C=O) groups is 1. The third kappa shape index (κ3) is 4.35. The van der Waals surface area contributed by atoms with Gasteiger partial charge < -0.3 is 9.88 Å². The number of rotatable bonds is 6. The molecule has 0 fully saturated rings. The van der Waals surface area contributed by atoms with Crippen LogP contribution in [0.1, 0.15) is 15.4 Å². The van der Waals surface area contributed by atoms with Crippen molar-refractivity contribution in [2.24, 2.45) is 0 Å². The number of carbonyl (C=O) groups excluding carboxylic acids is 1. The third-order valence-corrected chi connectivity index (χ3v) is 5.45. The first kappa shape index (κ1) is 17.7. The van der Waals surface area contributed by atoms with Crippen LogP contribution in [0.4, 0.5) is 0 Å². The van der Waals surface area contributed by atoms with E-state index in [0.717, 1.165) is 16.6 Å². The predicted molar refractivity (Wildman–Crippen MR) is 108 cm³/mol. The Labute approximate surface area is 165 Å². The summed E-state index contributed by atoms with van der Waals surface area (Å²) in [7, 11) is 0. The zero-order valence-corrected chi connectivity index (χ0v) is 16.0. The number of hydrogen-bond acceptors (Lipinski definition) is 4. The molecule has 4 aromatic rings. The summed E-state index contributed by atoms with van der Waals surface area (Å²) in [5, 5.41) is 4.20. The molecule has 0 saturated heterocycles. The minimum Gasteiger partial charge on any atom is -0.345 e. The van der Waals surface area contributed by atoms with E-state index in [9.17, 15) is 4.79 Å². The highest BCUT2D eigenvalue weighted by atomic mass is 35.5. The molecule has 1 atom stereocenters. The van der Waals surface area contributed by atoms with Gasteiger partial charge in [-0.05, 0) is 30.2 Å². The predicted octanol–water partition coefficient (Wildman–Crippen LogP) is 4.19. The molecular weight excluding hydrogens is 380 g/mol. The van der Waals surface area contributed by atoms with Gasteiger partial charge in [-0.3, -0.25) is 4.79 Å². The summed E-state index contributed by atoms with van der Waals surface area (Å²) >= 11 is 7.38. The Bertz CT molecular complexity index is 1050. The topological polar surface area (TPSA) is 59.8 Å². The fourth-order valence-corrected chi connectivity index (χ4v) is 4.10. The van der Waals surface area contributed by atoms with Crippen LogP contribution in [-0.4, -0.2) is 26.5 Å². The molecule has 0 bridgehead atoms. The number of thiazole rings is 1. The number of benzene rings is 2. The van der Waals surface area contributed by atoms with E-state index in [4.69, 9.17) is 11.6 Å². The number of aromatic nitrogens is 3. The molecular formula is C20H17ClN4OS. The molecule has 4 rings (SSSR count). The van der Waals surface area contributed by atoms with E-state index in [1.165, 1.54) is 16.9 Å². The van der Waals surface area contributed by atoms with Gasteiger partial charge in [-0.2, -0.15) is 0 Å². The van der Waals surface area contributed by atoms with Crippen LogP contribution in [0, 0.1) is 0 Å². The fourth-order valence-electron chi connectivity index (χ4n) is 2.95. The second kappa shape index (κ2) is 7.90. The van der Waals surface area contributed by atoms with Gasteiger partial charge >= 0.3 is 0 Å². The van der Waals surface area contributed by atoms with Gasteiger partial charge in [0.25, 0.3) is 5.91 Å². The number of nitrogens with one attached hydrogen (secondary N) is 1. The van der Waals surface area contributed by atoms with E-state index in [2.05, 4.69) is 27.4 Å². The summed E-state index contributed by atoms with van der Waals surface area (Å²) < 4.78 is 2.87. The van der Waals surface area contributed by atoms with Crippen molar-refractivity contribution in [3.63, 3.8) is 0 Å². The van der Waals surface area contributed by atoms with Crippen molar-refractivity contribution in [2.75, 3.05) is 0 Å². The lowest BCUT2D eigenvalue weighted by Gasteiger charge is -2.19. The summed E-state index contributed by atoms with van der Waals surface area (Å²) in [6.45, 7) is 0.636. The summed E-state index contributed by atoms with van der Waals surface area (Å²) in [5.74, 6) is -0.173. The van der Waals surface area contributed by atoms with E-state index >= 15 is 0 Å². The van der Waals surface area contributed by atoms with E-state index in [1.54, 1.807) is 18.6 Å². The Balaban J connectivity index is 1.54. The van der Waals surface area contributed by atoms with Crippen molar-refractivity contribution in [3.05, 3.63) is 82.8 Å². The zero-order valence-electron chi connectivity index (χ0n) is 14.4. The lowest BCUT2D eigenvalue weighted by atomic mass is 10.1. The molecule has 5 nitrogen and oxygen atoms in total. The van der Waals surface area contributed by atoms with Gasteiger partial charge in [0.1, 0.15) is 0 Å². The highest BCUT2D eigenvalue weighted by Gasteiger charge is 2.18. The number of halogens is 1. The summed E-state index contributed by atoms with van der Waals surface area (Å²) in [6, 6.07) is 15.5. The smallest absolute Gasteiger partial charge is 0.280 e. The number of hydrogen-bond donors (Lipinski definition) is 1. The maximum atomic E-state index is 12.8. The number of fused-ring (bicyclic) bond motifs is 1. The molecule has 0 aliphatic carbocycles. The molecule has 0 aliphatic rings. The molecule has 1 amide bonds. The molecule has 136 valence electrons. The Morgan fingerprint density at radius 3 is 2.85 bits per heavy atom. The lowest BCUT2D eigenvalue weighted by molar-refractivity contribution is 0.0932. The second-order valence-electron chi connectivity index (χ2n) is 6.25. The Morgan fingerprint density at radius 2 is 2.07 bits per heavy atom. The van der Waals surface area contributed by atoms with Gasteiger partial charge in [-0.25, -0.2) is 9.97 Å². The maximum Gasteiger partial charge on any atom is 0.280 e. The average Bonchev–Trinajstić information content (AvgIpc) is 3.31. The van der Waals surface area contributed by atoms with Crippen molar-refractivity contribution < 1.29 is 4.79 Å². The SMILES string of the molecule is O=C(N[C@@H](Cc1ccccc1)Cn1ccnc1)c1nc2ccc(Cl)cc2s1. The average molecular weight is 397 g/mol. The molecule has 2 heterocycles. The standard InChI is InChI=1S/C20H17ClN4OS/c21-15-6-7-17-18(11-15)27-20(24-17)19(26)23-16(12-25-9-8-22-13-25)10-14-4-2-1-3-5-14/h1-9,11,13,16H,10,12H2,(H,23,26)/t16-/m0/s1. The van der Waals surface area contributed by atoms with Crippen LogP contribution in [-0.2, 0) is 13.0 Å². The van der Waals surface area contributed by atoms with Crippen LogP contribution in [0.5, 0.6) is 0 Å². The first-order valence-electron chi connectivity index (χ1n) is 8.54. The van der Waals surface area contributed by atoms with Crippen LogP contribution in [0.3, 0.4) is 0 Å². The Kier molecular flexibility index (Phi) is 5.18. The molecule has 0 unspecified atom stereocenters. The summed E-state index contributed by atoms with van der Waals surface area (Å²) in [5.41, 5.74) is 1.95. The molecule has 7 heteroatoms. The first-order chi connectivity index (χ1) is 13.2. The number of amides is 1. The van der Waals surface area contributed by atoms with Crippen molar-refractivity contribution in [1.82, 2.24) is 19.9 Å². The van der Waals surface area contributed by atoms with E-state index in [-0.39, 0.29) is 11.9 Å². The molecule has 1 N–H and O–H groups in total. The van der Waals surface area contributed by atoms with Crippen LogP contribution in [0.25, 0.3) is 10.2 Å². The molecule has 0 radical (unpaired) electrons. The molecule has 2 aromatic carbocycles. The minimum absolute atomic E-state index is 0.0790. The molecule has 0 spiro atoms. The van der Waals surface area contributed by atoms with Crippen molar-refractivity contribution in [1.29, 1.82) is 0 Å². The van der Waals surface area contributed by atoms with Gasteiger partial charge in [0.15, 0.2) is 5.01 Å². The zero-order chi connectivity index (χ0) is 18.6. The number of nitrogens with zero attached hydrogens (tertiary/aromatic N) is 3. The largest absolute Gasteiger partial charge is 0.345 e. The van der Waals surface area contributed by atoms with Gasteiger partial charge in [0, 0.05) is 24.0 Å². The van der Waals surface area contributed by atoms with Gasteiger partial charge in [-0.15, -0.1) is 11.3 Å². The van der Waals surface area contributed by atoms with Crippen LogP contribution < -0.4 is 5.32 Å². The van der Waals surface area contributed by atoms with Crippen LogP contribution in [0.2, 0.25) is 5.02 Å². The van der Waals surface area contributed by atoms with Gasteiger partial charge in [0.2, 0.25) is 0 Å². The first-order valence-corrected chi connectivity index (χ1v) is 9.73. The molecule has 2 aromatic heterocycles. The Hall–Kier alpha value is -2.70. The van der Waals surface area contributed by atoms with Crippen LogP contribution >= 0.6 is 22.9 Å². The van der Waals surface area contributed by atoms with Crippen molar-refractivity contribution in [2.45, 2.75) is 19.0 Å². The summed E-state index contributed by atoms with van der Waals surface area (Å²) in [6.07, 6.45) is 6.11. The van der Waals surface area contributed by atoms with Gasteiger partial charge in [0.05, 0.1) is 22.6 Å². The third-order valence-electron chi connectivity index (χ3n) is 4.20. The van der Waals surface area contributed by atoms with E-state index < -0.39 is 0 Å². The van der Waals surface area contributed by atoms with Crippen molar-refractivity contribution >= 4 is 39.1 Å². The summed E-state index contributed by atoms with van der Waals surface area (Å²) in [4.78, 5) is 21.3. The molecule has 0 aliphatic heterocycles. The highest BCUT2D eigenvalue weighted by molar-refractivity contribution is 7.20. The lowest BCUT2D eigenvalue weighted by Crippen LogP contribution is -2.39. The van der Waals surface area contributed by atoms with Crippen molar-refractivity contribution in [3.8, 4) is 0 Å². The second-order valence-corrected chi connectivity index (χ2v) is 7.72. The maximum absolute atomic E-state index is 12.8. The number of imidazole rings is 1. The Morgan fingerprint density at radius 1 is 1.22 bits per heavy atom. The van der Waals surface area contributed by atoms with Gasteiger partial charge in [-0.1, -0.05) is 41.9 Å². The normalized spacial score (nSPS) is 12.2. The molecule has 0 saturated carbocycles. The van der Waals surface area contributed by atoms with E-state index in [0.29, 0.717) is 16.6 Å². The monoisotopic (exact) mass is 396 g/mol. The highest BCUT2D eigenvalue weighted by Crippen LogP contribution is 2.25. The minimum atomic E-state index is -0.173. The van der Waals surface area contributed by atoms with E-state index in [1.807, 2.05) is 41.1 Å². The molecule has 27 heavy (non-hydrogen) atoms. The van der Waals surface area contributed by atoms with Crippen LogP contribution in [0.15, 0.2) is 67.3 Å². The quantitative estimate of drug-likeness (QED) is 0.531.